The van der Waals surface area contributed by atoms with Crippen molar-refractivity contribution in [3.05, 3.63) is 54.1 Å². The average molecular weight is 386 g/mol. The minimum atomic E-state index is -3.04. The number of carbonyl (C=O) groups excluding carboxylic acids is 1. The summed E-state index contributed by atoms with van der Waals surface area (Å²) in [6.45, 7) is -6.58. The number of oxime groups is 1. The Labute approximate surface area is 151 Å². The summed E-state index contributed by atoms with van der Waals surface area (Å²) in [5, 5.41) is 5.83. The van der Waals surface area contributed by atoms with Gasteiger partial charge in [0.1, 0.15) is 11.5 Å². The lowest BCUT2D eigenvalue weighted by atomic mass is 10.2. The van der Waals surface area contributed by atoms with Gasteiger partial charge < -0.3 is 19.6 Å². The van der Waals surface area contributed by atoms with E-state index >= 15 is 0 Å². The molecule has 2 rings (SSSR count). The lowest BCUT2D eigenvalue weighted by molar-refractivity contribution is -0.120. The van der Waals surface area contributed by atoms with Gasteiger partial charge in [0.2, 0.25) is 0 Å². The summed E-state index contributed by atoms with van der Waals surface area (Å²) < 4.78 is 57.9. The summed E-state index contributed by atoms with van der Waals surface area (Å²) in [5.74, 6) is -1.00. The smallest absolute Gasteiger partial charge is 0.387 e. The zero-order valence-corrected chi connectivity index (χ0v) is 13.7. The number of nitrogens with one attached hydrogen (secondary N) is 1. The Morgan fingerprint density at radius 2 is 1.56 bits per heavy atom. The summed E-state index contributed by atoms with van der Waals surface area (Å²) in [4.78, 5) is 16.6. The van der Waals surface area contributed by atoms with Crippen LogP contribution in [-0.4, -0.2) is 32.0 Å². The minimum absolute atomic E-state index is 0.0334. The number of hydrogen-bond donors (Lipinski definition) is 1. The van der Waals surface area contributed by atoms with Crippen LogP contribution in [-0.2, 0) is 9.63 Å². The number of amides is 1. The summed E-state index contributed by atoms with van der Waals surface area (Å²) in [6.07, 6.45) is 1.10. The van der Waals surface area contributed by atoms with E-state index in [4.69, 9.17) is 4.84 Å². The van der Waals surface area contributed by atoms with Crippen molar-refractivity contribution < 1.29 is 36.7 Å². The molecule has 0 aliphatic heterocycles. The van der Waals surface area contributed by atoms with Crippen LogP contribution < -0.4 is 14.8 Å². The van der Waals surface area contributed by atoms with E-state index in [1.54, 1.807) is 6.07 Å². The Balaban J connectivity index is 1.89. The van der Waals surface area contributed by atoms with Gasteiger partial charge in [-0.2, -0.15) is 17.6 Å². The SMILES string of the molecule is O=C(CO/N=C\c1ccccc1OC(F)F)Nc1ccccc1OC(F)F. The van der Waals surface area contributed by atoms with Gasteiger partial charge in [0.25, 0.3) is 5.91 Å². The molecule has 0 radical (unpaired) electrons. The average Bonchev–Trinajstić information content (AvgIpc) is 2.61. The van der Waals surface area contributed by atoms with Crippen LogP contribution in [0.25, 0.3) is 0 Å². The van der Waals surface area contributed by atoms with E-state index in [0.717, 1.165) is 6.21 Å². The van der Waals surface area contributed by atoms with Gasteiger partial charge in [0.15, 0.2) is 6.61 Å². The maximum Gasteiger partial charge on any atom is 0.387 e. The second-order valence-corrected chi connectivity index (χ2v) is 4.85. The van der Waals surface area contributed by atoms with E-state index in [1.807, 2.05) is 0 Å². The molecule has 2 aromatic rings. The first-order valence-electron chi connectivity index (χ1n) is 7.48. The molecule has 0 saturated heterocycles. The van der Waals surface area contributed by atoms with Crippen LogP contribution >= 0.6 is 0 Å². The fourth-order valence-electron chi connectivity index (χ4n) is 1.94. The van der Waals surface area contributed by atoms with Crippen LogP contribution in [0.3, 0.4) is 0 Å². The van der Waals surface area contributed by atoms with Crippen LogP contribution in [0.4, 0.5) is 23.2 Å². The van der Waals surface area contributed by atoms with E-state index in [2.05, 4.69) is 19.9 Å². The molecule has 0 aromatic heterocycles. The molecule has 0 aliphatic carbocycles. The van der Waals surface area contributed by atoms with Crippen molar-refractivity contribution >= 4 is 17.8 Å². The monoisotopic (exact) mass is 386 g/mol. The maximum atomic E-state index is 12.3. The molecule has 0 heterocycles. The number of hydrogen-bond acceptors (Lipinski definition) is 5. The van der Waals surface area contributed by atoms with E-state index in [0.29, 0.717) is 0 Å². The second kappa shape index (κ2) is 10.00. The molecule has 0 aliphatic rings. The molecule has 6 nitrogen and oxygen atoms in total. The van der Waals surface area contributed by atoms with E-state index in [-0.39, 0.29) is 22.7 Å². The Bertz CT molecular complexity index is 787. The zero-order chi connectivity index (χ0) is 19.6. The molecule has 10 heteroatoms. The number of halogens is 4. The highest BCUT2D eigenvalue weighted by Gasteiger charge is 2.12. The first-order valence-corrected chi connectivity index (χ1v) is 7.48. The molecule has 27 heavy (non-hydrogen) atoms. The number of benzene rings is 2. The quantitative estimate of drug-likeness (QED) is 0.404. The Hall–Kier alpha value is -3.30. The highest BCUT2D eigenvalue weighted by Crippen LogP contribution is 2.25. The van der Waals surface area contributed by atoms with Crippen molar-refractivity contribution in [1.82, 2.24) is 0 Å². The third-order valence-corrected chi connectivity index (χ3v) is 2.97. The lowest BCUT2D eigenvalue weighted by Crippen LogP contribution is -2.18. The Morgan fingerprint density at radius 1 is 0.963 bits per heavy atom. The maximum absolute atomic E-state index is 12.3. The van der Waals surface area contributed by atoms with Crippen molar-refractivity contribution in [2.24, 2.45) is 5.16 Å². The van der Waals surface area contributed by atoms with Crippen molar-refractivity contribution in [3.8, 4) is 11.5 Å². The first-order chi connectivity index (χ1) is 13.0. The predicted molar refractivity (Wildman–Crippen MR) is 88.3 cm³/mol. The third kappa shape index (κ3) is 6.84. The Morgan fingerprint density at radius 3 is 2.26 bits per heavy atom. The van der Waals surface area contributed by atoms with Gasteiger partial charge in [-0.15, -0.1) is 0 Å². The van der Waals surface area contributed by atoms with Gasteiger partial charge in [-0.25, -0.2) is 0 Å². The van der Waals surface area contributed by atoms with Gasteiger partial charge >= 0.3 is 13.2 Å². The third-order valence-electron chi connectivity index (χ3n) is 2.97. The molecule has 0 fully saturated rings. The van der Waals surface area contributed by atoms with Crippen molar-refractivity contribution in [2.75, 3.05) is 11.9 Å². The van der Waals surface area contributed by atoms with E-state index in [1.165, 1.54) is 42.5 Å². The van der Waals surface area contributed by atoms with Gasteiger partial charge in [0, 0.05) is 5.56 Å². The van der Waals surface area contributed by atoms with Crippen molar-refractivity contribution in [1.29, 1.82) is 0 Å². The number of alkyl halides is 4. The molecule has 0 unspecified atom stereocenters. The number of nitrogens with zero attached hydrogens (tertiary/aromatic N) is 1. The number of rotatable bonds is 9. The molecule has 144 valence electrons. The lowest BCUT2D eigenvalue weighted by Gasteiger charge is -2.11. The fourth-order valence-corrected chi connectivity index (χ4v) is 1.94. The molecule has 0 spiro atoms. The van der Waals surface area contributed by atoms with Crippen molar-refractivity contribution in [2.45, 2.75) is 13.2 Å². The molecule has 0 bridgehead atoms. The standard InChI is InChI=1S/C17H14F4N2O4/c18-16(19)26-13-7-3-1-5-11(13)9-22-25-10-15(24)23-12-6-2-4-8-14(12)27-17(20)21/h1-9,16-17H,10H2,(H,23,24)/b22-9-. The molecule has 1 amide bonds. The number of para-hydroxylation sites is 3. The van der Waals surface area contributed by atoms with E-state index in [9.17, 15) is 22.4 Å². The minimum Gasteiger partial charge on any atom is -0.434 e. The summed E-state index contributed by atoms with van der Waals surface area (Å²) in [6, 6.07) is 11.5. The number of carbonyl (C=O) groups is 1. The van der Waals surface area contributed by atoms with Crippen LogP contribution in [0.2, 0.25) is 0 Å². The summed E-state index contributed by atoms with van der Waals surface area (Å²) in [7, 11) is 0. The molecular formula is C17H14F4N2O4. The van der Waals surface area contributed by atoms with Crippen LogP contribution in [0.15, 0.2) is 53.7 Å². The van der Waals surface area contributed by atoms with Crippen molar-refractivity contribution in [3.63, 3.8) is 0 Å². The number of anilines is 1. The topological polar surface area (TPSA) is 69.2 Å². The molecule has 1 N–H and O–H groups in total. The van der Waals surface area contributed by atoms with Gasteiger partial charge in [0.05, 0.1) is 11.9 Å². The Kier molecular flexibility index (Phi) is 7.41. The van der Waals surface area contributed by atoms with E-state index < -0.39 is 25.7 Å². The normalized spacial score (nSPS) is 11.0. The van der Waals surface area contributed by atoms with Gasteiger partial charge in [-0.05, 0) is 24.3 Å². The second-order valence-electron chi connectivity index (χ2n) is 4.85. The largest absolute Gasteiger partial charge is 0.434 e. The zero-order valence-electron chi connectivity index (χ0n) is 13.7. The highest BCUT2D eigenvalue weighted by atomic mass is 19.3. The molecule has 0 atom stereocenters. The first kappa shape index (κ1) is 20.0. The van der Waals surface area contributed by atoms with Gasteiger partial charge in [-0.1, -0.05) is 29.4 Å². The van der Waals surface area contributed by atoms with Crippen LogP contribution in [0, 0.1) is 0 Å². The molecular weight excluding hydrogens is 372 g/mol. The van der Waals surface area contributed by atoms with Crippen LogP contribution in [0.1, 0.15) is 5.56 Å². The summed E-state index contributed by atoms with van der Waals surface area (Å²) >= 11 is 0. The fraction of sp³-hybridized carbons (Fsp3) is 0.176. The molecule has 0 saturated carbocycles. The molecule has 2 aromatic carbocycles. The van der Waals surface area contributed by atoms with Crippen LogP contribution in [0.5, 0.6) is 11.5 Å². The summed E-state index contributed by atoms with van der Waals surface area (Å²) in [5.41, 5.74) is 0.250. The van der Waals surface area contributed by atoms with Gasteiger partial charge in [-0.3, -0.25) is 4.79 Å². The highest BCUT2D eigenvalue weighted by molar-refractivity contribution is 5.93. The predicted octanol–water partition coefficient (Wildman–Crippen LogP) is 3.88. The number of ether oxygens (including phenoxy) is 2.